The van der Waals surface area contributed by atoms with Gasteiger partial charge in [-0.05, 0) is 48.0 Å². The van der Waals surface area contributed by atoms with E-state index in [-0.39, 0.29) is 6.04 Å². The van der Waals surface area contributed by atoms with Crippen molar-refractivity contribution in [3.63, 3.8) is 0 Å². The van der Waals surface area contributed by atoms with Crippen LogP contribution in [0.4, 0.5) is 5.95 Å². The fraction of sp³-hybridized carbons (Fsp3) is 0.214. The second kappa shape index (κ2) is 9.09. The van der Waals surface area contributed by atoms with Gasteiger partial charge in [0.15, 0.2) is 17.6 Å². The number of hydrogen-bond acceptors (Lipinski definition) is 8. The third-order valence-electron chi connectivity index (χ3n) is 6.76. The highest BCUT2D eigenvalue weighted by Crippen LogP contribution is 2.52. The molecule has 37 heavy (non-hydrogen) atoms. The molecule has 2 atom stereocenters. The summed E-state index contributed by atoms with van der Waals surface area (Å²) >= 11 is 0. The summed E-state index contributed by atoms with van der Waals surface area (Å²) in [5.74, 6) is 4.04. The number of benzene rings is 3. The lowest BCUT2D eigenvalue weighted by atomic mass is 9.84. The molecule has 0 spiro atoms. The molecule has 3 heterocycles. The molecule has 6 rings (SSSR count). The van der Waals surface area contributed by atoms with E-state index in [9.17, 15) is 0 Å². The summed E-state index contributed by atoms with van der Waals surface area (Å²) in [6.07, 6.45) is 1.03. The van der Waals surface area contributed by atoms with Gasteiger partial charge in [0, 0.05) is 16.7 Å². The average Bonchev–Trinajstić information content (AvgIpc) is 3.43. The van der Waals surface area contributed by atoms with Gasteiger partial charge in [0.25, 0.3) is 0 Å². The van der Waals surface area contributed by atoms with Crippen molar-refractivity contribution >= 4 is 11.6 Å². The van der Waals surface area contributed by atoms with Gasteiger partial charge in [0.05, 0.1) is 34.1 Å². The van der Waals surface area contributed by atoms with Crippen molar-refractivity contribution in [1.29, 1.82) is 0 Å². The standard InChI is InChI=1S/C28H26N4O5/c1-33-17-10-12-20(34-2)19(14-17)27-24-25(18-7-5-6-8-21(18)37-27)31-28-29-15-30-32(28)26(24)16-9-11-22(35-3)23(13-16)36-4/h5-15,26-27H,1-4H3,(H,29,30,31)/t26-,27+/m1/s1. The molecule has 188 valence electrons. The largest absolute Gasteiger partial charge is 0.497 e. The van der Waals surface area contributed by atoms with E-state index in [1.807, 2.05) is 65.3 Å². The minimum absolute atomic E-state index is 0.359. The van der Waals surface area contributed by atoms with Gasteiger partial charge in [0.1, 0.15) is 29.6 Å². The molecule has 1 aromatic heterocycles. The van der Waals surface area contributed by atoms with Gasteiger partial charge < -0.3 is 29.0 Å². The lowest BCUT2D eigenvalue weighted by molar-refractivity contribution is 0.217. The zero-order valence-electron chi connectivity index (χ0n) is 20.9. The van der Waals surface area contributed by atoms with Gasteiger partial charge in [-0.25, -0.2) is 4.68 Å². The lowest BCUT2D eigenvalue weighted by Gasteiger charge is -2.39. The van der Waals surface area contributed by atoms with Gasteiger partial charge in [-0.1, -0.05) is 18.2 Å². The summed E-state index contributed by atoms with van der Waals surface area (Å²) in [5.41, 5.74) is 4.58. The van der Waals surface area contributed by atoms with Crippen LogP contribution >= 0.6 is 0 Å². The van der Waals surface area contributed by atoms with Crippen LogP contribution in [0.25, 0.3) is 5.70 Å². The van der Waals surface area contributed by atoms with Crippen molar-refractivity contribution in [3.8, 4) is 28.7 Å². The summed E-state index contributed by atoms with van der Waals surface area (Å²) in [6.45, 7) is 0. The maximum atomic E-state index is 6.72. The van der Waals surface area contributed by atoms with E-state index in [0.29, 0.717) is 28.9 Å². The molecule has 0 saturated carbocycles. The van der Waals surface area contributed by atoms with Crippen LogP contribution in [0.2, 0.25) is 0 Å². The van der Waals surface area contributed by atoms with Crippen molar-refractivity contribution in [2.45, 2.75) is 12.1 Å². The maximum absolute atomic E-state index is 6.72. The Morgan fingerprint density at radius 2 is 1.62 bits per heavy atom. The molecule has 9 heteroatoms. The molecule has 0 fully saturated rings. The molecule has 0 unspecified atom stereocenters. The van der Waals surface area contributed by atoms with Crippen molar-refractivity contribution in [3.05, 3.63) is 89.3 Å². The lowest BCUT2D eigenvalue weighted by Crippen LogP contribution is -2.32. The van der Waals surface area contributed by atoms with Crippen LogP contribution in [-0.4, -0.2) is 43.2 Å². The molecular weight excluding hydrogens is 472 g/mol. The highest BCUT2D eigenvalue weighted by Gasteiger charge is 2.42. The fourth-order valence-electron chi connectivity index (χ4n) is 5.06. The first kappa shape index (κ1) is 22.8. The van der Waals surface area contributed by atoms with E-state index >= 15 is 0 Å². The average molecular weight is 499 g/mol. The molecule has 0 radical (unpaired) electrons. The van der Waals surface area contributed by atoms with Crippen molar-refractivity contribution in [2.75, 3.05) is 33.8 Å². The third-order valence-corrected chi connectivity index (χ3v) is 6.76. The number of para-hydroxylation sites is 1. The first-order valence-corrected chi connectivity index (χ1v) is 11.8. The molecule has 2 aliphatic heterocycles. The van der Waals surface area contributed by atoms with E-state index in [0.717, 1.165) is 33.7 Å². The Hall–Kier alpha value is -4.66. The Labute approximate surface area is 214 Å². The fourth-order valence-corrected chi connectivity index (χ4v) is 5.06. The quantitative estimate of drug-likeness (QED) is 0.403. The maximum Gasteiger partial charge on any atom is 0.226 e. The number of hydrogen-bond donors (Lipinski definition) is 1. The summed E-state index contributed by atoms with van der Waals surface area (Å²) in [7, 11) is 6.54. The predicted molar refractivity (Wildman–Crippen MR) is 138 cm³/mol. The third kappa shape index (κ3) is 3.62. The zero-order valence-corrected chi connectivity index (χ0v) is 20.9. The van der Waals surface area contributed by atoms with Gasteiger partial charge in [-0.15, -0.1) is 0 Å². The number of fused-ring (bicyclic) bond motifs is 3. The minimum Gasteiger partial charge on any atom is -0.497 e. The minimum atomic E-state index is -0.516. The molecule has 0 bridgehead atoms. The smallest absolute Gasteiger partial charge is 0.226 e. The Morgan fingerprint density at radius 1 is 0.838 bits per heavy atom. The molecule has 0 saturated heterocycles. The topological polar surface area (TPSA) is 88.9 Å². The first-order valence-electron chi connectivity index (χ1n) is 11.8. The van der Waals surface area contributed by atoms with Crippen molar-refractivity contribution in [2.24, 2.45) is 0 Å². The normalized spacial score (nSPS) is 17.5. The van der Waals surface area contributed by atoms with Crippen LogP contribution in [0.1, 0.15) is 28.8 Å². The molecule has 3 aromatic carbocycles. The molecular formula is C28H26N4O5. The van der Waals surface area contributed by atoms with Crippen LogP contribution < -0.4 is 29.0 Å². The first-order chi connectivity index (χ1) is 18.2. The summed E-state index contributed by atoms with van der Waals surface area (Å²) < 4.78 is 31.1. The highest BCUT2D eigenvalue weighted by molar-refractivity contribution is 5.85. The molecule has 2 aliphatic rings. The van der Waals surface area contributed by atoms with Crippen LogP contribution in [0, 0.1) is 0 Å². The van der Waals surface area contributed by atoms with Crippen molar-refractivity contribution < 1.29 is 23.7 Å². The number of methoxy groups -OCH3 is 4. The van der Waals surface area contributed by atoms with E-state index in [1.54, 1.807) is 34.8 Å². The van der Waals surface area contributed by atoms with E-state index < -0.39 is 6.10 Å². The molecule has 9 nitrogen and oxygen atoms in total. The second-order valence-electron chi connectivity index (χ2n) is 8.60. The Bertz CT molecular complexity index is 1510. The number of nitrogens with zero attached hydrogens (tertiary/aromatic N) is 3. The number of aromatic nitrogens is 3. The van der Waals surface area contributed by atoms with Crippen LogP contribution in [0.3, 0.4) is 0 Å². The number of anilines is 1. The highest BCUT2D eigenvalue weighted by atomic mass is 16.5. The van der Waals surface area contributed by atoms with Gasteiger partial charge in [-0.2, -0.15) is 10.1 Å². The van der Waals surface area contributed by atoms with Gasteiger partial charge in [-0.3, -0.25) is 0 Å². The van der Waals surface area contributed by atoms with Crippen LogP contribution in [0.15, 0.2) is 72.6 Å². The Balaban J connectivity index is 1.63. The number of rotatable bonds is 6. The molecule has 0 amide bonds. The molecule has 4 aromatic rings. The Kier molecular flexibility index (Phi) is 5.60. The summed E-state index contributed by atoms with van der Waals surface area (Å²) in [4.78, 5) is 4.50. The second-order valence-corrected chi connectivity index (χ2v) is 8.60. The molecule has 0 aliphatic carbocycles. The summed E-state index contributed by atoms with van der Waals surface area (Å²) in [5, 5.41) is 8.10. The van der Waals surface area contributed by atoms with Crippen LogP contribution in [0.5, 0.6) is 28.7 Å². The van der Waals surface area contributed by atoms with Crippen LogP contribution in [-0.2, 0) is 0 Å². The van der Waals surface area contributed by atoms with Gasteiger partial charge >= 0.3 is 0 Å². The SMILES string of the molecule is COc1ccc(OC)c([C@@H]2Oc3ccccc3C3=C2[C@@H](c2ccc(OC)c(OC)c2)n2ncnc2N3)c1. The van der Waals surface area contributed by atoms with Gasteiger partial charge in [0.2, 0.25) is 5.95 Å². The van der Waals surface area contributed by atoms with E-state index in [2.05, 4.69) is 15.4 Å². The predicted octanol–water partition coefficient (Wildman–Crippen LogP) is 4.87. The Morgan fingerprint density at radius 3 is 2.41 bits per heavy atom. The van der Waals surface area contributed by atoms with Crippen molar-refractivity contribution in [1.82, 2.24) is 14.8 Å². The zero-order chi connectivity index (χ0) is 25.5. The monoisotopic (exact) mass is 498 g/mol. The molecule has 1 N–H and O–H groups in total. The van der Waals surface area contributed by atoms with E-state index in [1.165, 1.54) is 0 Å². The van der Waals surface area contributed by atoms with E-state index in [4.69, 9.17) is 23.7 Å². The number of ether oxygens (including phenoxy) is 5. The summed E-state index contributed by atoms with van der Waals surface area (Å²) in [6, 6.07) is 19.2. The number of nitrogens with one attached hydrogen (secondary N) is 1.